The number of benzene rings is 1. The molecular formula is C19H22BrN3O3S. The molecule has 0 spiro atoms. The number of amides is 1. The molecule has 144 valence electrons. The minimum Gasteiger partial charge on any atom is -0.466 e. The summed E-state index contributed by atoms with van der Waals surface area (Å²) in [7, 11) is 0. The van der Waals surface area contributed by atoms with Crippen LogP contribution in [0.15, 0.2) is 46.3 Å². The van der Waals surface area contributed by atoms with Crippen LogP contribution in [0.2, 0.25) is 0 Å². The van der Waals surface area contributed by atoms with Gasteiger partial charge in [0, 0.05) is 35.6 Å². The van der Waals surface area contributed by atoms with Gasteiger partial charge in [0.1, 0.15) is 0 Å². The summed E-state index contributed by atoms with van der Waals surface area (Å²) in [5, 5.41) is 0.768. The summed E-state index contributed by atoms with van der Waals surface area (Å²) in [5.41, 5.74) is 0.992. The van der Waals surface area contributed by atoms with Crippen LogP contribution in [0.25, 0.3) is 5.69 Å². The van der Waals surface area contributed by atoms with Crippen LogP contribution in [-0.4, -0.2) is 51.8 Å². The Morgan fingerprint density at radius 1 is 1.33 bits per heavy atom. The van der Waals surface area contributed by atoms with Gasteiger partial charge in [-0.15, -0.1) is 0 Å². The van der Waals surface area contributed by atoms with Crippen molar-refractivity contribution in [2.75, 3.05) is 25.4 Å². The van der Waals surface area contributed by atoms with E-state index in [-0.39, 0.29) is 17.8 Å². The Bertz CT molecular complexity index is 794. The average molecular weight is 452 g/mol. The highest BCUT2D eigenvalue weighted by Crippen LogP contribution is 2.24. The zero-order valence-electron chi connectivity index (χ0n) is 15.1. The number of halogens is 1. The molecule has 2 aromatic rings. The molecule has 1 fully saturated rings. The first-order valence-electron chi connectivity index (χ1n) is 8.95. The average Bonchev–Trinajstić information content (AvgIpc) is 3.15. The van der Waals surface area contributed by atoms with E-state index >= 15 is 0 Å². The first-order chi connectivity index (χ1) is 13.1. The van der Waals surface area contributed by atoms with E-state index in [4.69, 9.17) is 4.74 Å². The van der Waals surface area contributed by atoms with Gasteiger partial charge in [0.05, 0.1) is 18.3 Å². The van der Waals surface area contributed by atoms with Crippen molar-refractivity contribution < 1.29 is 14.3 Å². The minimum absolute atomic E-state index is 0.0272. The number of hydrogen-bond donors (Lipinski definition) is 0. The summed E-state index contributed by atoms with van der Waals surface area (Å²) in [6, 6.07) is 7.93. The maximum Gasteiger partial charge on any atom is 0.310 e. The SMILES string of the molecule is CCOC(=O)C1CCCN(C(=O)CSc2nccn2-c2ccc(Br)cc2)C1. The van der Waals surface area contributed by atoms with Crippen molar-refractivity contribution in [3.8, 4) is 5.69 Å². The quantitative estimate of drug-likeness (QED) is 0.496. The summed E-state index contributed by atoms with van der Waals surface area (Å²) in [6.07, 6.45) is 5.22. The molecule has 1 amide bonds. The van der Waals surface area contributed by atoms with Gasteiger partial charge >= 0.3 is 5.97 Å². The summed E-state index contributed by atoms with van der Waals surface area (Å²) in [5.74, 6) is -0.0894. The maximum atomic E-state index is 12.6. The lowest BCUT2D eigenvalue weighted by Crippen LogP contribution is -2.43. The summed E-state index contributed by atoms with van der Waals surface area (Å²) < 4.78 is 8.07. The molecule has 3 rings (SSSR count). The molecule has 0 radical (unpaired) electrons. The molecule has 0 aliphatic carbocycles. The molecule has 1 aliphatic heterocycles. The number of rotatable bonds is 6. The smallest absolute Gasteiger partial charge is 0.310 e. The predicted molar refractivity (Wildman–Crippen MR) is 108 cm³/mol. The standard InChI is InChI=1S/C19H22BrN3O3S/c1-2-26-18(25)14-4-3-10-22(12-14)17(24)13-27-19-21-9-11-23(19)16-7-5-15(20)6-8-16/h5-9,11,14H,2-4,10,12-13H2,1H3. The zero-order valence-corrected chi connectivity index (χ0v) is 17.5. The van der Waals surface area contributed by atoms with Gasteiger partial charge in [0.2, 0.25) is 5.91 Å². The molecule has 1 atom stereocenters. The van der Waals surface area contributed by atoms with Crippen molar-refractivity contribution >= 4 is 39.6 Å². The van der Waals surface area contributed by atoms with Crippen molar-refractivity contribution in [2.45, 2.75) is 24.9 Å². The summed E-state index contributed by atoms with van der Waals surface area (Å²) >= 11 is 4.84. The van der Waals surface area contributed by atoms with Gasteiger partial charge in [-0.1, -0.05) is 27.7 Å². The number of nitrogens with zero attached hydrogens (tertiary/aromatic N) is 3. The highest BCUT2D eigenvalue weighted by molar-refractivity contribution is 9.10. The molecule has 1 saturated heterocycles. The monoisotopic (exact) mass is 451 g/mol. The molecule has 1 unspecified atom stereocenters. The van der Waals surface area contributed by atoms with Gasteiger partial charge in [0.25, 0.3) is 0 Å². The van der Waals surface area contributed by atoms with Gasteiger partial charge in [0.15, 0.2) is 5.16 Å². The molecule has 0 saturated carbocycles. The van der Waals surface area contributed by atoms with E-state index in [1.165, 1.54) is 11.8 Å². The Kier molecular flexibility index (Phi) is 6.95. The minimum atomic E-state index is -0.211. The van der Waals surface area contributed by atoms with E-state index in [2.05, 4.69) is 20.9 Å². The third-order valence-electron chi connectivity index (χ3n) is 4.43. The van der Waals surface area contributed by atoms with Gasteiger partial charge in [-0.3, -0.25) is 14.2 Å². The maximum absolute atomic E-state index is 12.6. The molecule has 1 aliphatic rings. The van der Waals surface area contributed by atoms with E-state index < -0.39 is 0 Å². The number of ether oxygens (including phenoxy) is 1. The molecule has 1 aromatic heterocycles. The van der Waals surface area contributed by atoms with Crippen LogP contribution in [0.1, 0.15) is 19.8 Å². The van der Waals surface area contributed by atoms with Crippen LogP contribution < -0.4 is 0 Å². The van der Waals surface area contributed by atoms with Crippen LogP contribution >= 0.6 is 27.7 Å². The number of aromatic nitrogens is 2. The van der Waals surface area contributed by atoms with Crippen molar-refractivity contribution in [3.05, 3.63) is 41.1 Å². The van der Waals surface area contributed by atoms with Crippen LogP contribution in [0.4, 0.5) is 0 Å². The van der Waals surface area contributed by atoms with Gasteiger partial charge in [-0.2, -0.15) is 0 Å². The van der Waals surface area contributed by atoms with Crippen molar-refractivity contribution in [1.82, 2.24) is 14.5 Å². The highest BCUT2D eigenvalue weighted by atomic mass is 79.9. The first-order valence-corrected chi connectivity index (χ1v) is 10.7. The fourth-order valence-corrected chi connectivity index (χ4v) is 4.21. The fourth-order valence-electron chi connectivity index (χ4n) is 3.07. The molecular weight excluding hydrogens is 430 g/mol. The number of piperidine rings is 1. The van der Waals surface area contributed by atoms with E-state index in [1.54, 1.807) is 18.0 Å². The predicted octanol–water partition coefficient (Wildman–Crippen LogP) is 3.53. The number of likely N-dealkylation sites (tertiary alicyclic amines) is 1. The molecule has 8 heteroatoms. The first kappa shape index (κ1) is 19.9. The van der Waals surface area contributed by atoms with E-state index in [0.717, 1.165) is 28.2 Å². The van der Waals surface area contributed by atoms with Crippen molar-refractivity contribution in [1.29, 1.82) is 0 Å². The van der Waals surface area contributed by atoms with Gasteiger partial charge in [-0.05, 0) is 44.0 Å². The Morgan fingerprint density at radius 3 is 2.85 bits per heavy atom. The second kappa shape index (κ2) is 9.41. The molecule has 0 N–H and O–H groups in total. The molecule has 27 heavy (non-hydrogen) atoms. The number of hydrogen-bond acceptors (Lipinski definition) is 5. The Hall–Kier alpha value is -1.80. The van der Waals surface area contributed by atoms with Gasteiger partial charge in [-0.25, -0.2) is 4.98 Å². The second-order valence-corrected chi connectivity index (χ2v) is 8.13. The molecule has 1 aromatic carbocycles. The van der Waals surface area contributed by atoms with Gasteiger partial charge < -0.3 is 9.64 Å². The van der Waals surface area contributed by atoms with E-state index in [1.807, 2.05) is 35.0 Å². The summed E-state index contributed by atoms with van der Waals surface area (Å²) in [6.45, 7) is 3.31. The molecule has 2 heterocycles. The number of imidazole rings is 1. The van der Waals surface area contributed by atoms with Crippen LogP contribution in [-0.2, 0) is 14.3 Å². The summed E-state index contributed by atoms with van der Waals surface area (Å²) in [4.78, 5) is 30.7. The van der Waals surface area contributed by atoms with Crippen LogP contribution in [0, 0.1) is 5.92 Å². The highest BCUT2D eigenvalue weighted by Gasteiger charge is 2.29. The lowest BCUT2D eigenvalue weighted by Gasteiger charge is -2.31. The van der Waals surface area contributed by atoms with E-state index in [9.17, 15) is 9.59 Å². The number of thioether (sulfide) groups is 1. The largest absolute Gasteiger partial charge is 0.466 e. The Labute approximate surface area is 171 Å². The molecule has 0 bridgehead atoms. The Balaban J connectivity index is 1.59. The number of esters is 1. The van der Waals surface area contributed by atoms with Crippen molar-refractivity contribution in [2.24, 2.45) is 5.92 Å². The lowest BCUT2D eigenvalue weighted by molar-refractivity contribution is -0.151. The fraction of sp³-hybridized carbons (Fsp3) is 0.421. The third-order valence-corrected chi connectivity index (χ3v) is 5.91. The van der Waals surface area contributed by atoms with Crippen LogP contribution in [0.5, 0.6) is 0 Å². The number of carbonyl (C=O) groups excluding carboxylic acids is 2. The second-order valence-electron chi connectivity index (χ2n) is 6.28. The van der Waals surface area contributed by atoms with Crippen molar-refractivity contribution in [3.63, 3.8) is 0 Å². The molecule has 6 nitrogen and oxygen atoms in total. The Morgan fingerprint density at radius 2 is 2.11 bits per heavy atom. The third kappa shape index (κ3) is 5.13. The topological polar surface area (TPSA) is 64.4 Å². The van der Waals surface area contributed by atoms with E-state index in [0.29, 0.717) is 25.4 Å². The number of carbonyl (C=O) groups is 2. The van der Waals surface area contributed by atoms with Crippen LogP contribution in [0.3, 0.4) is 0 Å². The lowest BCUT2D eigenvalue weighted by atomic mass is 9.98. The normalized spacial score (nSPS) is 17.0. The zero-order chi connectivity index (χ0) is 19.2.